The van der Waals surface area contributed by atoms with Crippen LogP contribution in [0.15, 0.2) is 24.3 Å². The van der Waals surface area contributed by atoms with E-state index in [-0.39, 0.29) is 11.8 Å². The Bertz CT molecular complexity index is 804. The van der Waals surface area contributed by atoms with Crippen molar-refractivity contribution >= 4 is 11.6 Å². The standard InChI is InChI=1S/C20H27N5O/c1-14(2)17-6-4-5-7-18(17)23-8-10-24(11-9-23)20(26)16-12-19-22-21-15(3)25(19)13-16/h4-7,14,16H,8-13H2,1-3H3. The predicted octanol–water partition coefficient (Wildman–Crippen LogP) is 2.23. The van der Waals surface area contributed by atoms with Gasteiger partial charge in [0.15, 0.2) is 0 Å². The number of benzene rings is 1. The molecule has 2 aliphatic heterocycles. The van der Waals surface area contributed by atoms with Crippen LogP contribution in [-0.4, -0.2) is 51.8 Å². The van der Waals surface area contributed by atoms with Gasteiger partial charge in [0.2, 0.25) is 5.91 Å². The van der Waals surface area contributed by atoms with Crippen molar-refractivity contribution in [1.82, 2.24) is 19.7 Å². The summed E-state index contributed by atoms with van der Waals surface area (Å²) in [6.45, 7) is 10.5. The highest BCUT2D eigenvalue weighted by Crippen LogP contribution is 2.29. The molecule has 2 aliphatic rings. The van der Waals surface area contributed by atoms with Crippen LogP contribution in [0.3, 0.4) is 0 Å². The molecule has 2 aromatic rings. The van der Waals surface area contributed by atoms with Crippen molar-refractivity contribution in [1.29, 1.82) is 0 Å². The first-order valence-corrected chi connectivity index (χ1v) is 9.56. The Kier molecular flexibility index (Phi) is 4.42. The summed E-state index contributed by atoms with van der Waals surface area (Å²) in [5.41, 5.74) is 2.70. The van der Waals surface area contributed by atoms with E-state index in [2.05, 4.69) is 57.8 Å². The molecule has 1 amide bonds. The second-order valence-corrected chi connectivity index (χ2v) is 7.70. The van der Waals surface area contributed by atoms with Gasteiger partial charge < -0.3 is 14.4 Å². The van der Waals surface area contributed by atoms with Gasteiger partial charge in [-0.1, -0.05) is 32.0 Å². The topological polar surface area (TPSA) is 54.3 Å². The lowest BCUT2D eigenvalue weighted by Crippen LogP contribution is -2.50. The van der Waals surface area contributed by atoms with Crippen LogP contribution in [0.4, 0.5) is 5.69 Å². The average Bonchev–Trinajstić information content (AvgIpc) is 3.23. The van der Waals surface area contributed by atoms with Crippen molar-refractivity contribution in [3.05, 3.63) is 41.5 Å². The van der Waals surface area contributed by atoms with Gasteiger partial charge in [-0.3, -0.25) is 4.79 Å². The van der Waals surface area contributed by atoms with E-state index >= 15 is 0 Å². The molecule has 4 rings (SSSR count). The highest BCUT2D eigenvalue weighted by atomic mass is 16.2. The molecule has 0 N–H and O–H groups in total. The molecule has 1 aromatic heterocycles. The predicted molar refractivity (Wildman–Crippen MR) is 101 cm³/mol. The Morgan fingerprint density at radius 3 is 2.54 bits per heavy atom. The van der Waals surface area contributed by atoms with E-state index in [1.54, 1.807) is 0 Å². The maximum atomic E-state index is 12.9. The van der Waals surface area contributed by atoms with Gasteiger partial charge in [-0.25, -0.2) is 0 Å². The lowest BCUT2D eigenvalue weighted by molar-refractivity contribution is -0.135. The molecule has 138 valence electrons. The van der Waals surface area contributed by atoms with Crippen molar-refractivity contribution in [2.24, 2.45) is 5.92 Å². The zero-order valence-electron chi connectivity index (χ0n) is 15.9. The van der Waals surface area contributed by atoms with Gasteiger partial charge in [0, 0.05) is 44.8 Å². The second kappa shape index (κ2) is 6.74. The molecule has 1 unspecified atom stereocenters. The number of nitrogens with zero attached hydrogens (tertiary/aromatic N) is 5. The monoisotopic (exact) mass is 353 g/mol. The third kappa shape index (κ3) is 2.97. The van der Waals surface area contributed by atoms with Crippen LogP contribution in [-0.2, 0) is 17.8 Å². The lowest BCUT2D eigenvalue weighted by atomic mass is 10.00. The van der Waals surface area contributed by atoms with Gasteiger partial charge >= 0.3 is 0 Å². The summed E-state index contributed by atoms with van der Waals surface area (Å²) < 4.78 is 2.08. The fourth-order valence-corrected chi connectivity index (χ4v) is 4.17. The van der Waals surface area contributed by atoms with Crippen molar-refractivity contribution in [3.8, 4) is 0 Å². The van der Waals surface area contributed by atoms with Gasteiger partial charge in [-0.15, -0.1) is 10.2 Å². The van der Waals surface area contributed by atoms with Crippen molar-refractivity contribution in [3.63, 3.8) is 0 Å². The summed E-state index contributed by atoms with van der Waals surface area (Å²) in [6, 6.07) is 8.64. The first kappa shape index (κ1) is 17.1. The molecule has 6 heteroatoms. The van der Waals surface area contributed by atoms with Gasteiger partial charge in [-0.2, -0.15) is 0 Å². The summed E-state index contributed by atoms with van der Waals surface area (Å²) in [7, 11) is 0. The van der Waals surface area contributed by atoms with Crippen LogP contribution in [0.1, 0.15) is 37.0 Å². The molecule has 1 aromatic carbocycles. The van der Waals surface area contributed by atoms with Crippen LogP contribution in [0.5, 0.6) is 0 Å². The molecule has 0 bridgehead atoms. The first-order valence-electron chi connectivity index (χ1n) is 9.56. The zero-order valence-corrected chi connectivity index (χ0v) is 15.9. The highest BCUT2D eigenvalue weighted by molar-refractivity contribution is 5.79. The van der Waals surface area contributed by atoms with Gasteiger partial charge in [0.25, 0.3) is 0 Å². The third-order valence-electron chi connectivity index (χ3n) is 5.68. The number of amides is 1. The molecule has 26 heavy (non-hydrogen) atoms. The highest BCUT2D eigenvalue weighted by Gasteiger charge is 2.34. The summed E-state index contributed by atoms with van der Waals surface area (Å²) in [4.78, 5) is 17.4. The number of aromatic nitrogens is 3. The zero-order chi connectivity index (χ0) is 18.3. The SMILES string of the molecule is Cc1nnc2n1CC(C(=O)N1CCN(c3ccccc3C(C)C)CC1)C2. The van der Waals surface area contributed by atoms with Crippen LogP contribution in [0.2, 0.25) is 0 Å². The van der Waals surface area contributed by atoms with Gasteiger partial charge in [0.05, 0.1) is 5.92 Å². The maximum Gasteiger partial charge on any atom is 0.228 e. The fourth-order valence-electron chi connectivity index (χ4n) is 4.17. The Labute approximate surface area is 154 Å². The van der Waals surface area contributed by atoms with Crippen molar-refractivity contribution < 1.29 is 4.79 Å². The minimum Gasteiger partial charge on any atom is -0.368 e. The number of anilines is 1. The van der Waals surface area contributed by atoms with Crippen LogP contribution in [0.25, 0.3) is 0 Å². The molecule has 0 aliphatic carbocycles. The molecule has 1 fully saturated rings. The number of aryl methyl sites for hydroxylation is 1. The summed E-state index contributed by atoms with van der Waals surface area (Å²) in [5.74, 6) is 2.65. The average molecular weight is 353 g/mol. The fraction of sp³-hybridized carbons (Fsp3) is 0.550. The van der Waals surface area contributed by atoms with Crippen molar-refractivity contribution in [2.75, 3.05) is 31.1 Å². The first-order chi connectivity index (χ1) is 12.5. The lowest BCUT2D eigenvalue weighted by Gasteiger charge is -2.38. The minimum absolute atomic E-state index is 0.0219. The number of piperazine rings is 1. The number of hydrogen-bond donors (Lipinski definition) is 0. The quantitative estimate of drug-likeness (QED) is 0.849. The van der Waals surface area contributed by atoms with Crippen molar-refractivity contribution in [2.45, 2.75) is 39.7 Å². The van der Waals surface area contributed by atoms with E-state index in [1.165, 1.54) is 11.3 Å². The Balaban J connectivity index is 1.39. The van der Waals surface area contributed by atoms with E-state index in [0.717, 1.165) is 50.8 Å². The summed E-state index contributed by atoms with van der Waals surface area (Å²) in [5, 5.41) is 8.28. The minimum atomic E-state index is 0.0219. The number of para-hydroxylation sites is 1. The largest absolute Gasteiger partial charge is 0.368 e. The molecule has 0 spiro atoms. The van der Waals surface area contributed by atoms with E-state index in [4.69, 9.17) is 0 Å². The van der Waals surface area contributed by atoms with E-state index in [0.29, 0.717) is 5.92 Å². The Morgan fingerprint density at radius 1 is 1.12 bits per heavy atom. The number of rotatable bonds is 3. The Hall–Kier alpha value is -2.37. The molecular weight excluding hydrogens is 326 g/mol. The summed E-state index contributed by atoms with van der Waals surface area (Å²) >= 11 is 0. The molecule has 1 atom stereocenters. The van der Waals surface area contributed by atoms with Gasteiger partial charge in [-0.05, 0) is 24.5 Å². The smallest absolute Gasteiger partial charge is 0.228 e. The van der Waals surface area contributed by atoms with Crippen LogP contribution in [0, 0.1) is 12.8 Å². The molecule has 6 nitrogen and oxygen atoms in total. The molecule has 0 radical (unpaired) electrons. The van der Waals surface area contributed by atoms with E-state index in [9.17, 15) is 4.79 Å². The number of carbonyl (C=O) groups excluding carboxylic acids is 1. The molecule has 1 saturated heterocycles. The Morgan fingerprint density at radius 2 is 1.85 bits per heavy atom. The number of hydrogen-bond acceptors (Lipinski definition) is 4. The number of fused-ring (bicyclic) bond motifs is 1. The van der Waals surface area contributed by atoms with E-state index in [1.807, 2.05) is 11.8 Å². The molecular formula is C20H27N5O. The maximum absolute atomic E-state index is 12.9. The number of carbonyl (C=O) groups is 1. The van der Waals surface area contributed by atoms with Crippen LogP contribution < -0.4 is 4.90 Å². The van der Waals surface area contributed by atoms with Crippen LogP contribution >= 0.6 is 0 Å². The third-order valence-corrected chi connectivity index (χ3v) is 5.68. The molecule has 0 saturated carbocycles. The summed E-state index contributed by atoms with van der Waals surface area (Å²) in [6.07, 6.45) is 0.718. The van der Waals surface area contributed by atoms with E-state index < -0.39 is 0 Å². The normalized spacial score (nSPS) is 19.9. The second-order valence-electron chi connectivity index (χ2n) is 7.70. The molecule has 3 heterocycles. The van der Waals surface area contributed by atoms with Gasteiger partial charge in [0.1, 0.15) is 11.6 Å².